The van der Waals surface area contributed by atoms with Gasteiger partial charge in [0.05, 0.1) is 35.0 Å². The van der Waals surface area contributed by atoms with Gasteiger partial charge < -0.3 is 4.74 Å². The monoisotopic (exact) mass is 512 g/mol. The van der Waals surface area contributed by atoms with Crippen molar-refractivity contribution in [3.63, 3.8) is 0 Å². The van der Waals surface area contributed by atoms with Crippen LogP contribution in [0.1, 0.15) is 47.5 Å². The lowest BCUT2D eigenvalue weighted by Gasteiger charge is -2.29. The minimum absolute atomic E-state index is 0.0327. The first-order chi connectivity index (χ1) is 17.6. The Hall–Kier alpha value is -4.11. The van der Waals surface area contributed by atoms with Crippen LogP contribution in [0.5, 0.6) is 0 Å². The van der Waals surface area contributed by atoms with Crippen LogP contribution in [-0.4, -0.2) is 30.9 Å². The molecule has 0 spiro atoms. The normalized spacial score (nSPS) is 18.2. The molecule has 0 saturated carbocycles. The molecule has 8 nitrogen and oxygen atoms in total. The van der Waals surface area contributed by atoms with Crippen LogP contribution in [0.2, 0.25) is 0 Å². The Morgan fingerprint density at radius 1 is 1.19 bits per heavy atom. The van der Waals surface area contributed by atoms with E-state index in [1.807, 2.05) is 12.3 Å². The Morgan fingerprint density at radius 2 is 1.97 bits per heavy atom. The molecule has 1 saturated heterocycles. The number of hydrogen-bond donors (Lipinski definition) is 0. The molecule has 1 fully saturated rings. The maximum atomic E-state index is 15.1. The van der Waals surface area contributed by atoms with E-state index in [2.05, 4.69) is 15.1 Å². The minimum Gasteiger partial charge on any atom is -0.373 e. The lowest BCUT2D eigenvalue weighted by Crippen LogP contribution is -2.28. The number of hydrogen-bond acceptors (Lipinski definition) is 6. The largest absolute Gasteiger partial charge is 0.449 e. The molecule has 1 aliphatic rings. The zero-order valence-corrected chi connectivity index (χ0v) is 19.8. The second-order valence-electron chi connectivity index (χ2n) is 8.92. The molecular weight excluding hydrogens is 492 g/mol. The van der Waals surface area contributed by atoms with Crippen molar-refractivity contribution in [3.8, 4) is 17.3 Å². The van der Waals surface area contributed by atoms with Crippen molar-refractivity contribution in [2.24, 2.45) is 14.1 Å². The first-order valence-electron chi connectivity index (χ1n) is 11.4. The average molecular weight is 512 g/mol. The number of alkyl halides is 3. The first kappa shape index (κ1) is 24.6. The number of ether oxygens (including phenoxy) is 1. The molecule has 5 rings (SSSR count). The Bertz CT molecular complexity index is 1620. The first-order valence-corrected chi connectivity index (χ1v) is 11.4. The van der Waals surface area contributed by atoms with E-state index in [-0.39, 0.29) is 39.7 Å². The van der Waals surface area contributed by atoms with Crippen molar-refractivity contribution in [2.45, 2.75) is 31.0 Å². The highest BCUT2D eigenvalue weighted by molar-refractivity contribution is 5.91. The van der Waals surface area contributed by atoms with Crippen LogP contribution < -0.4 is 5.56 Å². The minimum atomic E-state index is -4.92. The molecule has 0 aliphatic carbocycles. The van der Waals surface area contributed by atoms with E-state index in [4.69, 9.17) is 10.00 Å². The van der Waals surface area contributed by atoms with Gasteiger partial charge in [-0.25, -0.2) is 9.37 Å². The molecule has 0 amide bonds. The summed E-state index contributed by atoms with van der Waals surface area (Å²) >= 11 is 0. The molecule has 0 bridgehead atoms. The Balaban J connectivity index is 1.72. The number of nitrogens with zero attached hydrogens (tertiary/aromatic N) is 6. The second kappa shape index (κ2) is 9.08. The molecule has 1 aromatic carbocycles. The zero-order valence-electron chi connectivity index (χ0n) is 19.8. The van der Waals surface area contributed by atoms with Gasteiger partial charge in [0.25, 0.3) is 5.56 Å². The van der Waals surface area contributed by atoms with Gasteiger partial charge in [0, 0.05) is 49.6 Å². The summed E-state index contributed by atoms with van der Waals surface area (Å²) in [7, 11) is 2.78. The summed E-state index contributed by atoms with van der Waals surface area (Å²) in [4.78, 5) is 21.4. The molecule has 4 heterocycles. The van der Waals surface area contributed by atoms with E-state index in [0.29, 0.717) is 29.7 Å². The molecule has 0 unspecified atom stereocenters. The summed E-state index contributed by atoms with van der Waals surface area (Å²) in [6.07, 6.45) is -0.673. The lowest BCUT2D eigenvalue weighted by molar-refractivity contribution is -0.147. The number of aryl methyl sites for hydroxylation is 1. The Labute approximate surface area is 207 Å². The van der Waals surface area contributed by atoms with Gasteiger partial charge in [-0.05, 0) is 37.1 Å². The summed E-state index contributed by atoms with van der Waals surface area (Å²) in [5, 5.41) is 13.2. The van der Waals surface area contributed by atoms with E-state index in [1.165, 1.54) is 18.2 Å². The van der Waals surface area contributed by atoms with Crippen molar-refractivity contribution in [3.05, 3.63) is 75.5 Å². The van der Waals surface area contributed by atoms with Gasteiger partial charge in [-0.3, -0.25) is 19.0 Å². The number of aromatic nitrogens is 5. The third-order valence-corrected chi connectivity index (χ3v) is 6.49. The quantitative estimate of drug-likeness (QED) is 0.378. The predicted octanol–water partition coefficient (Wildman–Crippen LogP) is 4.39. The lowest BCUT2D eigenvalue weighted by atomic mass is 9.89. The Kier molecular flexibility index (Phi) is 6.03. The van der Waals surface area contributed by atoms with Gasteiger partial charge >= 0.3 is 6.18 Å². The molecule has 2 atom stereocenters. The third-order valence-electron chi connectivity index (χ3n) is 6.49. The Morgan fingerprint density at radius 3 is 2.62 bits per heavy atom. The molecule has 3 aromatic heterocycles. The van der Waals surface area contributed by atoms with Gasteiger partial charge in [0.1, 0.15) is 11.3 Å². The van der Waals surface area contributed by atoms with E-state index in [9.17, 15) is 18.0 Å². The van der Waals surface area contributed by atoms with Crippen molar-refractivity contribution in [1.29, 1.82) is 5.26 Å². The third kappa shape index (κ3) is 4.46. The van der Waals surface area contributed by atoms with Crippen molar-refractivity contribution in [1.82, 2.24) is 24.3 Å². The molecule has 1 aliphatic heterocycles. The van der Waals surface area contributed by atoms with Crippen molar-refractivity contribution < 1.29 is 22.3 Å². The van der Waals surface area contributed by atoms with Gasteiger partial charge in [-0.1, -0.05) is 0 Å². The molecule has 0 N–H and O–H groups in total. The number of benzene rings is 1. The van der Waals surface area contributed by atoms with Crippen LogP contribution in [0.25, 0.3) is 22.2 Å². The predicted molar refractivity (Wildman–Crippen MR) is 124 cm³/mol. The summed E-state index contributed by atoms with van der Waals surface area (Å²) in [5.41, 5.74) is -0.324. The fourth-order valence-electron chi connectivity index (χ4n) is 4.62. The SMILES string of the molecule is Cn1cc([C@@H]2C[C@H](c3cc4c(=O)n(C)c(C(F)(F)F)nc4c(-c4ccc(C#N)cc4F)n3)CCO2)cn1. The van der Waals surface area contributed by atoms with Crippen molar-refractivity contribution in [2.75, 3.05) is 6.61 Å². The zero-order chi connectivity index (χ0) is 26.5. The van der Waals surface area contributed by atoms with Crippen LogP contribution in [0.15, 0.2) is 41.5 Å². The molecule has 0 radical (unpaired) electrons. The average Bonchev–Trinajstić information content (AvgIpc) is 3.31. The summed E-state index contributed by atoms with van der Waals surface area (Å²) in [5.74, 6) is -2.51. The highest BCUT2D eigenvalue weighted by atomic mass is 19.4. The number of pyridine rings is 1. The van der Waals surface area contributed by atoms with Gasteiger partial charge in [-0.2, -0.15) is 23.5 Å². The fourth-order valence-corrected chi connectivity index (χ4v) is 4.62. The van der Waals surface area contributed by atoms with Crippen LogP contribution in [-0.2, 0) is 25.0 Å². The second-order valence-corrected chi connectivity index (χ2v) is 8.92. The molecule has 190 valence electrons. The standard InChI is InChI=1S/C25H20F4N6O2/c1-34-12-15(11-31-34)20-8-14(5-6-37-20)19-9-17-22(33-24(25(27,28)29)35(2)23(17)36)21(32-19)16-4-3-13(10-30)7-18(16)26/h3-4,7,9,11-12,14,20H,5-6,8H2,1-2H3/t14-,20+/m1/s1. The van der Waals surface area contributed by atoms with E-state index < -0.39 is 23.4 Å². The number of fused-ring (bicyclic) bond motifs is 1. The molecule has 4 aromatic rings. The molecule has 12 heteroatoms. The molecular formula is C25H20F4N6O2. The van der Waals surface area contributed by atoms with Crippen molar-refractivity contribution >= 4 is 10.9 Å². The highest BCUT2D eigenvalue weighted by Gasteiger charge is 2.37. The van der Waals surface area contributed by atoms with Crippen LogP contribution in [0.3, 0.4) is 0 Å². The topological polar surface area (TPSA) is 98.6 Å². The highest BCUT2D eigenvalue weighted by Crippen LogP contribution is 2.39. The summed E-state index contributed by atoms with van der Waals surface area (Å²) in [6, 6.07) is 6.81. The smallest absolute Gasteiger partial charge is 0.373 e. The molecule has 37 heavy (non-hydrogen) atoms. The number of halogens is 4. The van der Waals surface area contributed by atoms with Gasteiger partial charge in [0.15, 0.2) is 0 Å². The fraction of sp³-hybridized carbons (Fsp3) is 0.320. The summed E-state index contributed by atoms with van der Waals surface area (Å²) in [6.45, 7) is 0.383. The maximum absolute atomic E-state index is 15.1. The summed E-state index contributed by atoms with van der Waals surface area (Å²) < 4.78 is 64.1. The van der Waals surface area contributed by atoms with E-state index in [1.54, 1.807) is 17.9 Å². The number of rotatable bonds is 3. The number of nitriles is 1. The van der Waals surface area contributed by atoms with Gasteiger partial charge in [0.2, 0.25) is 5.82 Å². The van der Waals surface area contributed by atoms with Crippen LogP contribution in [0, 0.1) is 17.1 Å². The van der Waals surface area contributed by atoms with E-state index in [0.717, 1.165) is 18.7 Å². The maximum Gasteiger partial charge on any atom is 0.449 e. The van der Waals surface area contributed by atoms with Crippen LogP contribution >= 0.6 is 0 Å². The van der Waals surface area contributed by atoms with E-state index >= 15 is 4.39 Å². The van der Waals surface area contributed by atoms with Gasteiger partial charge in [-0.15, -0.1) is 0 Å². The van der Waals surface area contributed by atoms with Crippen LogP contribution in [0.4, 0.5) is 17.6 Å².